The first-order valence-corrected chi connectivity index (χ1v) is 8.78. The Hall–Kier alpha value is -2.17. The Bertz CT molecular complexity index is 680. The molecule has 0 aromatic carbocycles. The second-order valence-corrected chi connectivity index (χ2v) is 6.75. The topological polar surface area (TPSA) is 51.0 Å². The second kappa shape index (κ2) is 7.60. The van der Waals surface area contributed by atoms with Crippen LogP contribution in [0, 0.1) is 12.8 Å². The molecular weight excluding hydrogens is 300 g/mol. The molecule has 0 spiro atoms. The van der Waals surface area contributed by atoms with E-state index in [0.29, 0.717) is 12.3 Å². The van der Waals surface area contributed by atoms with E-state index in [1.54, 1.807) is 0 Å². The van der Waals surface area contributed by atoms with Gasteiger partial charge in [0.2, 0.25) is 5.91 Å². The number of aryl methyl sites for hydroxylation is 2. The van der Waals surface area contributed by atoms with Crippen molar-refractivity contribution in [2.24, 2.45) is 13.0 Å². The van der Waals surface area contributed by atoms with E-state index in [2.05, 4.69) is 23.1 Å². The number of aromatic nitrogens is 3. The van der Waals surface area contributed by atoms with Crippen molar-refractivity contribution in [3.8, 4) is 0 Å². The van der Waals surface area contributed by atoms with Crippen LogP contribution in [-0.2, 0) is 24.7 Å². The molecule has 0 N–H and O–H groups in total. The number of piperidine rings is 1. The maximum Gasteiger partial charge on any atom is 0.222 e. The Balaban J connectivity index is 1.52. The summed E-state index contributed by atoms with van der Waals surface area (Å²) in [6.45, 7) is 3.81. The molecule has 0 saturated carbocycles. The number of carbonyl (C=O) groups is 1. The molecule has 0 bridgehead atoms. The van der Waals surface area contributed by atoms with E-state index in [0.717, 1.165) is 43.7 Å². The molecule has 24 heavy (non-hydrogen) atoms. The molecule has 1 aliphatic rings. The molecule has 0 radical (unpaired) electrons. The van der Waals surface area contributed by atoms with Gasteiger partial charge in [0.15, 0.2) is 0 Å². The average molecular weight is 326 g/mol. The first-order chi connectivity index (χ1) is 11.6. The summed E-state index contributed by atoms with van der Waals surface area (Å²) in [7, 11) is 1.94. The minimum atomic E-state index is 0.268. The Morgan fingerprint density at radius 1 is 1.38 bits per heavy atom. The monoisotopic (exact) mass is 326 g/mol. The van der Waals surface area contributed by atoms with Crippen LogP contribution in [0.4, 0.5) is 0 Å². The standard InChI is InChI=1S/C19H26N4O/c1-15-17(13-21-22(15)2)8-9-19(24)23-11-5-6-16(14-23)12-18-7-3-4-10-20-18/h3-4,7,10,13,16H,5-6,8-9,11-12,14H2,1-2H3/t16-/m0/s1. The highest BCUT2D eigenvalue weighted by Crippen LogP contribution is 2.21. The molecule has 3 heterocycles. The van der Waals surface area contributed by atoms with Crippen LogP contribution in [0.25, 0.3) is 0 Å². The third kappa shape index (κ3) is 4.02. The number of amides is 1. The van der Waals surface area contributed by atoms with Crippen molar-refractivity contribution < 1.29 is 4.79 Å². The zero-order valence-electron chi connectivity index (χ0n) is 14.6. The summed E-state index contributed by atoms with van der Waals surface area (Å²) >= 11 is 0. The van der Waals surface area contributed by atoms with E-state index < -0.39 is 0 Å². The van der Waals surface area contributed by atoms with E-state index in [9.17, 15) is 4.79 Å². The Morgan fingerprint density at radius 3 is 2.96 bits per heavy atom. The molecule has 0 unspecified atom stereocenters. The zero-order chi connectivity index (χ0) is 16.9. The van der Waals surface area contributed by atoms with Gasteiger partial charge in [-0.15, -0.1) is 0 Å². The van der Waals surface area contributed by atoms with Gasteiger partial charge >= 0.3 is 0 Å². The number of pyridine rings is 1. The molecule has 5 heteroatoms. The molecule has 1 saturated heterocycles. The maximum atomic E-state index is 12.6. The number of likely N-dealkylation sites (tertiary alicyclic amines) is 1. The van der Waals surface area contributed by atoms with Crippen molar-refractivity contribution in [3.63, 3.8) is 0 Å². The SMILES string of the molecule is Cc1c(CCC(=O)N2CCC[C@@H](Cc3ccccn3)C2)cnn1C. The Kier molecular flexibility index (Phi) is 5.28. The molecule has 1 aliphatic heterocycles. The lowest BCUT2D eigenvalue weighted by Gasteiger charge is -2.32. The number of carbonyl (C=O) groups excluding carboxylic acids is 1. The molecule has 5 nitrogen and oxygen atoms in total. The van der Waals surface area contributed by atoms with Crippen molar-refractivity contribution in [2.45, 2.75) is 39.0 Å². The minimum Gasteiger partial charge on any atom is -0.342 e. The summed E-state index contributed by atoms with van der Waals surface area (Å²) in [5.41, 5.74) is 3.45. The number of nitrogens with zero attached hydrogens (tertiary/aromatic N) is 4. The van der Waals surface area contributed by atoms with Crippen LogP contribution < -0.4 is 0 Å². The van der Waals surface area contributed by atoms with Gasteiger partial charge in [0.25, 0.3) is 0 Å². The van der Waals surface area contributed by atoms with Gasteiger partial charge in [0, 0.05) is 44.1 Å². The van der Waals surface area contributed by atoms with E-state index >= 15 is 0 Å². The van der Waals surface area contributed by atoms with E-state index in [4.69, 9.17) is 0 Å². The summed E-state index contributed by atoms with van der Waals surface area (Å²) < 4.78 is 1.86. The number of hydrogen-bond acceptors (Lipinski definition) is 3. The van der Waals surface area contributed by atoms with Crippen molar-refractivity contribution >= 4 is 5.91 Å². The summed E-state index contributed by atoms with van der Waals surface area (Å²) in [6.07, 6.45) is 8.31. The average Bonchev–Trinajstić information content (AvgIpc) is 2.93. The van der Waals surface area contributed by atoms with Crippen molar-refractivity contribution in [2.75, 3.05) is 13.1 Å². The van der Waals surface area contributed by atoms with E-state index in [1.807, 2.05) is 41.2 Å². The van der Waals surface area contributed by atoms with Crippen LogP contribution in [-0.4, -0.2) is 38.7 Å². The van der Waals surface area contributed by atoms with Crippen molar-refractivity contribution in [1.29, 1.82) is 0 Å². The third-order valence-corrected chi connectivity index (χ3v) is 5.04. The van der Waals surface area contributed by atoms with Crippen LogP contribution >= 0.6 is 0 Å². The highest BCUT2D eigenvalue weighted by molar-refractivity contribution is 5.76. The molecule has 3 rings (SSSR count). The molecule has 2 aromatic heterocycles. The molecule has 0 aliphatic carbocycles. The van der Waals surface area contributed by atoms with Gasteiger partial charge in [0.1, 0.15) is 0 Å². The fourth-order valence-electron chi connectivity index (χ4n) is 3.46. The smallest absolute Gasteiger partial charge is 0.222 e. The fraction of sp³-hybridized carbons (Fsp3) is 0.526. The van der Waals surface area contributed by atoms with Crippen LogP contribution in [0.2, 0.25) is 0 Å². The molecule has 1 atom stereocenters. The second-order valence-electron chi connectivity index (χ2n) is 6.75. The summed E-state index contributed by atoms with van der Waals surface area (Å²) in [6, 6.07) is 6.05. The molecule has 1 fully saturated rings. The summed E-state index contributed by atoms with van der Waals surface area (Å²) in [5.74, 6) is 0.793. The molecule has 128 valence electrons. The van der Waals surface area contributed by atoms with E-state index in [-0.39, 0.29) is 5.91 Å². The lowest BCUT2D eigenvalue weighted by molar-refractivity contribution is -0.133. The summed E-state index contributed by atoms with van der Waals surface area (Å²) in [4.78, 5) is 19.0. The zero-order valence-corrected chi connectivity index (χ0v) is 14.6. The molecule has 2 aromatic rings. The van der Waals surface area contributed by atoms with Gasteiger partial charge in [0.05, 0.1) is 6.20 Å². The largest absolute Gasteiger partial charge is 0.342 e. The van der Waals surface area contributed by atoms with Crippen molar-refractivity contribution in [3.05, 3.63) is 47.5 Å². The maximum absolute atomic E-state index is 12.6. The Morgan fingerprint density at radius 2 is 2.25 bits per heavy atom. The molecule has 1 amide bonds. The van der Waals surface area contributed by atoms with Crippen LogP contribution in [0.15, 0.2) is 30.6 Å². The predicted molar refractivity (Wildman–Crippen MR) is 93.5 cm³/mol. The first kappa shape index (κ1) is 16.7. The number of rotatable bonds is 5. The Labute approximate surface area is 143 Å². The number of hydrogen-bond donors (Lipinski definition) is 0. The van der Waals surface area contributed by atoms with Crippen LogP contribution in [0.5, 0.6) is 0 Å². The summed E-state index contributed by atoms with van der Waals surface area (Å²) in [5, 5.41) is 4.25. The van der Waals surface area contributed by atoms with Crippen molar-refractivity contribution in [1.82, 2.24) is 19.7 Å². The van der Waals surface area contributed by atoms with Crippen LogP contribution in [0.1, 0.15) is 36.2 Å². The van der Waals surface area contributed by atoms with Gasteiger partial charge in [-0.1, -0.05) is 6.07 Å². The van der Waals surface area contributed by atoms with Gasteiger partial charge < -0.3 is 4.90 Å². The highest BCUT2D eigenvalue weighted by Gasteiger charge is 2.24. The van der Waals surface area contributed by atoms with Gasteiger partial charge in [-0.25, -0.2) is 0 Å². The third-order valence-electron chi connectivity index (χ3n) is 5.04. The van der Waals surface area contributed by atoms with E-state index in [1.165, 1.54) is 12.0 Å². The van der Waals surface area contributed by atoms with Gasteiger partial charge in [-0.2, -0.15) is 5.10 Å². The first-order valence-electron chi connectivity index (χ1n) is 8.78. The molecular formula is C19H26N4O. The predicted octanol–water partition coefficient (Wildman–Crippen LogP) is 2.54. The fourth-order valence-corrected chi connectivity index (χ4v) is 3.46. The lowest BCUT2D eigenvalue weighted by atomic mass is 9.93. The van der Waals surface area contributed by atoms with Crippen LogP contribution in [0.3, 0.4) is 0 Å². The van der Waals surface area contributed by atoms with Gasteiger partial charge in [-0.05, 0) is 56.2 Å². The highest BCUT2D eigenvalue weighted by atomic mass is 16.2. The lowest BCUT2D eigenvalue weighted by Crippen LogP contribution is -2.40. The van der Waals surface area contributed by atoms with Gasteiger partial charge in [-0.3, -0.25) is 14.5 Å². The quantitative estimate of drug-likeness (QED) is 0.848. The normalized spacial score (nSPS) is 17.9. The minimum absolute atomic E-state index is 0.268.